The fraction of sp³-hybridized carbons (Fsp3) is 0.185. The Kier molecular flexibility index (Phi) is 6.46. The van der Waals surface area contributed by atoms with Crippen LogP contribution in [0.25, 0.3) is 0 Å². The highest BCUT2D eigenvalue weighted by atomic mass is 32.2. The Labute approximate surface area is 207 Å². The second-order valence-electron chi connectivity index (χ2n) is 8.46. The minimum atomic E-state index is -0.688. The molecule has 2 aliphatic rings. The van der Waals surface area contributed by atoms with Gasteiger partial charge in [-0.05, 0) is 30.2 Å². The van der Waals surface area contributed by atoms with Crippen LogP contribution in [-0.2, 0) is 9.59 Å². The molecule has 176 valence electrons. The van der Waals surface area contributed by atoms with Crippen molar-refractivity contribution >= 4 is 40.1 Å². The van der Waals surface area contributed by atoms with E-state index in [9.17, 15) is 14.0 Å². The molecule has 5 rings (SSSR count). The van der Waals surface area contributed by atoms with Crippen LogP contribution in [0.1, 0.15) is 35.6 Å². The molecule has 0 radical (unpaired) electrons. The number of thioether (sulfide) groups is 1. The Balaban J connectivity index is 1.35. The van der Waals surface area contributed by atoms with E-state index in [-0.39, 0.29) is 24.1 Å². The molecule has 6 nitrogen and oxygen atoms in total. The van der Waals surface area contributed by atoms with E-state index in [0.29, 0.717) is 11.6 Å². The molecule has 1 N–H and O–H groups in total. The molecule has 8 heteroatoms. The van der Waals surface area contributed by atoms with Crippen LogP contribution in [0, 0.1) is 12.7 Å². The van der Waals surface area contributed by atoms with Gasteiger partial charge in [-0.15, -0.1) is 0 Å². The lowest BCUT2D eigenvalue weighted by Crippen LogP contribution is -2.25. The SMILES string of the molecule is Cc1ccc(C2=NN(C3=NC(=O)[C@@H](CC(=O)Nc4ccccc4F)S3)[C@@H](c3ccccc3)C2)cc1. The number of anilines is 1. The van der Waals surface area contributed by atoms with Gasteiger partial charge < -0.3 is 5.32 Å². The minimum Gasteiger partial charge on any atom is -0.324 e. The lowest BCUT2D eigenvalue weighted by atomic mass is 9.98. The molecule has 0 spiro atoms. The average Bonchev–Trinajstić information content (AvgIpc) is 3.46. The first-order chi connectivity index (χ1) is 17.0. The molecule has 0 saturated carbocycles. The van der Waals surface area contributed by atoms with Gasteiger partial charge in [0.05, 0.1) is 17.4 Å². The van der Waals surface area contributed by atoms with Gasteiger partial charge in [0.25, 0.3) is 5.91 Å². The third-order valence-electron chi connectivity index (χ3n) is 5.92. The molecule has 0 bridgehead atoms. The maximum Gasteiger partial charge on any atom is 0.262 e. The highest BCUT2D eigenvalue weighted by Crippen LogP contribution is 2.38. The number of aryl methyl sites for hydroxylation is 1. The zero-order valence-electron chi connectivity index (χ0n) is 19.0. The summed E-state index contributed by atoms with van der Waals surface area (Å²) in [6.45, 7) is 2.04. The molecule has 2 amide bonds. The van der Waals surface area contributed by atoms with Crippen molar-refractivity contribution in [3.8, 4) is 0 Å². The largest absolute Gasteiger partial charge is 0.324 e. The maximum atomic E-state index is 13.9. The molecule has 2 heterocycles. The molecule has 0 aliphatic carbocycles. The molecule has 3 aromatic carbocycles. The van der Waals surface area contributed by atoms with Crippen molar-refractivity contribution in [2.24, 2.45) is 10.1 Å². The molecule has 0 saturated heterocycles. The number of nitrogens with one attached hydrogen (secondary N) is 1. The number of amides is 2. The number of rotatable bonds is 5. The van der Waals surface area contributed by atoms with Crippen LogP contribution in [0.15, 0.2) is 89.0 Å². The summed E-state index contributed by atoms with van der Waals surface area (Å²) >= 11 is 1.22. The van der Waals surface area contributed by atoms with Crippen LogP contribution in [-0.4, -0.2) is 33.0 Å². The number of nitrogens with zero attached hydrogens (tertiary/aromatic N) is 3. The lowest BCUT2D eigenvalue weighted by Gasteiger charge is -2.23. The second kappa shape index (κ2) is 9.84. The van der Waals surface area contributed by atoms with Crippen LogP contribution in [0.4, 0.5) is 10.1 Å². The number of benzene rings is 3. The Morgan fingerprint density at radius 2 is 1.77 bits per heavy atom. The predicted octanol–water partition coefficient (Wildman–Crippen LogP) is 5.31. The molecular formula is C27H23FN4O2S. The fourth-order valence-electron chi connectivity index (χ4n) is 4.08. The van der Waals surface area contributed by atoms with Crippen LogP contribution in [0.2, 0.25) is 0 Å². The predicted molar refractivity (Wildman–Crippen MR) is 137 cm³/mol. The molecule has 2 atom stereocenters. The van der Waals surface area contributed by atoms with Crippen molar-refractivity contribution < 1.29 is 14.0 Å². The number of carbonyl (C=O) groups excluding carboxylic acids is 2. The second-order valence-corrected chi connectivity index (χ2v) is 9.63. The fourth-order valence-corrected chi connectivity index (χ4v) is 5.14. The third kappa shape index (κ3) is 5.02. The first kappa shape index (κ1) is 23.0. The molecule has 35 heavy (non-hydrogen) atoms. The van der Waals surface area contributed by atoms with Gasteiger partial charge in [-0.2, -0.15) is 10.1 Å². The molecule has 2 aliphatic heterocycles. The molecule has 0 fully saturated rings. The van der Waals surface area contributed by atoms with Crippen molar-refractivity contribution in [3.05, 3.63) is 101 Å². The first-order valence-corrected chi connectivity index (χ1v) is 12.2. The van der Waals surface area contributed by atoms with Crippen LogP contribution in [0.5, 0.6) is 0 Å². The van der Waals surface area contributed by atoms with E-state index in [0.717, 1.165) is 16.8 Å². The Bertz CT molecular complexity index is 1320. The van der Waals surface area contributed by atoms with Gasteiger partial charge in [-0.3, -0.25) is 9.59 Å². The molecule has 0 unspecified atom stereocenters. The Morgan fingerprint density at radius 1 is 1.06 bits per heavy atom. The molecular weight excluding hydrogens is 463 g/mol. The number of carbonyl (C=O) groups is 2. The summed E-state index contributed by atoms with van der Waals surface area (Å²) in [6, 6.07) is 24.0. The minimum absolute atomic E-state index is 0.0881. The number of hydrazone groups is 1. The zero-order chi connectivity index (χ0) is 24.4. The van der Waals surface area contributed by atoms with Crippen LogP contribution in [0.3, 0.4) is 0 Å². The average molecular weight is 487 g/mol. The zero-order valence-corrected chi connectivity index (χ0v) is 19.8. The van der Waals surface area contributed by atoms with E-state index in [1.54, 1.807) is 17.1 Å². The normalized spacial score (nSPS) is 19.5. The van der Waals surface area contributed by atoms with E-state index in [1.807, 2.05) is 61.5 Å². The first-order valence-electron chi connectivity index (χ1n) is 11.3. The molecule has 0 aromatic heterocycles. The monoisotopic (exact) mass is 486 g/mol. The summed E-state index contributed by atoms with van der Waals surface area (Å²) in [5, 5.41) is 8.96. The number of aliphatic imine (C=N–C) groups is 1. The van der Waals surface area contributed by atoms with Crippen molar-refractivity contribution in [1.82, 2.24) is 5.01 Å². The number of para-hydroxylation sites is 1. The lowest BCUT2D eigenvalue weighted by molar-refractivity contribution is -0.121. The summed E-state index contributed by atoms with van der Waals surface area (Å²) in [5.41, 5.74) is 4.26. The van der Waals surface area contributed by atoms with E-state index in [1.165, 1.54) is 29.5 Å². The topological polar surface area (TPSA) is 74.1 Å². The number of amidine groups is 1. The highest BCUT2D eigenvalue weighted by molar-refractivity contribution is 8.15. The van der Waals surface area contributed by atoms with Gasteiger partial charge in [-0.1, -0.05) is 84.1 Å². The van der Waals surface area contributed by atoms with E-state index in [2.05, 4.69) is 10.3 Å². The smallest absolute Gasteiger partial charge is 0.262 e. The van der Waals surface area contributed by atoms with E-state index >= 15 is 0 Å². The third-order valence-corrected chi connectivity index (χ3v) is 7.07. The maximum absolute atomic E-state index is 13.9. The van der Waals surface area contributed by atoms with Gasteiger partial charge in [-0.25, -0.2) is 9.40 Å². The number of halogens is 1. The summed E-state index contributed by atoms with van der Waals surface area (Å²) in [4.78, 5) is 29.5. The van der Waals surface area contributed by atoms with Crippen molar-refractivity contribution in [2.45, 2.75) is 31.1 Å². The standard InChI is InChI=1S/C27H23FN4O2S/c1-17-11-13-18(14-12-17)22-15-23(19-7-3-2-4-8-19)32(31-22)27-30-26(34)24(35-27)16-25(33)29-21-10-6-5-9-20(21)28/h2-14,23-24H,15-16H2,1H3,(H,29,33)/t23-,24-/m1/s1. The van der Waals surface area contributed by atoms with E-state index < -0.39 is 17.0 Å². The quantitative estimate of drug-likeness (QED) is 0.530. The number of hydrogen-bond acceptors (Lipinski definition) is 5. The summed E-state index contributed by atoms with van der Waals surface area (Å²) in [5.74, 6) is -1.36. The summed E-state index contributed by atoms with van der Waals surface area (Å²) in [7, 11) is 0. The Hall–Kier alpha value is -3.78. The Morgan fingerprint density at radius 3 is 2.51 bits per heavy atom. The van der Waals surface area contributed by atoms with E-state index in [4.69, 9.17) is 5.10 Å². The van der Waals surface area contributed by atoms with Gasteiger partial charge in [0.1, 0.15) is 11.1 Å². The van der Waals surface area contributed by atoms with Crippen LogP contribution >= 0.6 is 11.8 Å². The van der Waals surface area contributed by atoms with Crippen molar-refractivity contribution in [1.29, 1.82) is 0 Å². The number of hydrogen-bond donors (Lipinski definition) is 1. The van der Waals surface area contributed by atoms with Gasteiger partial charge in [0, 0.05) is 12.8 Å². The van der Waals surface area contributed by atoms with Gasteiger partial charge in [0.15, 0.2) is 5.17 Å². The van der Waals surface area contributed by atoms with Crippen LogP contribution < -0.4 is 5.32 Å². The van der Waals surface area contributed by atoms with Gasteiger partial charge in [0.2, 0.25) is 5.91 Å². The summed E-state index contributed by atoms with van der Waals surface area (Å²) < 4.78 is 13.9. The molecule has 3 aromatic rings. The highest BCUT2D eigenvalue weighted by Gasteiger charge is 2.39. The van der Waals surface area contributed by atoms with Crippen molar-refractivity contribution in [2.75, 3.05) is 5.32 Å². The van der Waals surface area contributed by atoms with Crippen molar-refractivity contribution in [3.63, 3.8) is 0 Å². The van der Waals surface area contributed by atoms with Gasteiger partial charge >= 0.3 is 0 Å². The summed E-state index contributed by atoms with van der Waals surface area (Å²) in [6.07, 6.45) is 0.558.